The predicted molar refractivity (Wildman–Crippen MR) is 73.7 cm³/mol. The maximum Gasteiger partial charge on any atom is 0.259 e. The summed E-state index contributed by atoms with van der Waals surface area (Å²) in [7, 11) is 1.34. The molecule has 0 radical (unpaired) electrons. The molecule has 2 aromatic carbocycles. The molecule has 0 aliphatic heterocycles. The summed E-state index contributed by atoms with van der Waals surface area (Å²) in [5, 5.41) is 12.1. The van der Waals surface area contributed by atoms with E-state index < -0.39 is 17.5 Å². The fraction of sp³-hybridized carbons (Fsp3) is 0.133. The third-order valence-electron chi connectivity index (χ3n) is 2.96. The van der Waals surface area contributed by atoms with Crippen LogP contribution in [0.2, 0.25) is 0 Å². The molecule has 0 unspecified atom stereocenters. The lowest BCUT2D eigenvalue weighted by atomic mass is 10.1. The fourth-order valence-corrected chi connectivity index (χ4v) is 1.80. The zero-order chi connectivity index (χ0) is 15.6. The van der Waals surface area contributed by atoms with E-state index in [0.29, 0.717) is 0 Å². The first-order valence-electron chi connectivity index (χ1n) is 6.07. The SMILES string of the molecule is COc1cccc(C(=O)Nc2cc(F)c(C)cc2F)c1O. The molecule has 0 heterocycles. The van der Waals surface area contributed by atoms with E-state index in [2.05, 4.69) is 5.32 Å². The van der Waals surface area contributed by atoms with Gasteiger partial charge in [-0.3, -0.25) is 4.79 Å². The minimum absolute atomic E-state index is 0.102. The topological polar surface area (TPSA) is 58.6 Å². The van der Waals surface area contributed by atoms with Crippen LogP contribution >= 0.6 is 0 Å². The molecule has 2 N–H and O–H groups in total. The highest BCUT2D eigenvalue weighted by Crippen LogP contribution is 2.30. The van der Waals surface area contributed by atoms with Crippen LogP contribution in [0.4, 0.5) is 14.5 Å². The quantitative estimate of drug-likeness (QED) is 0.913. The van der Waals surface area contributed by atoms with Crippen molar-refractivity contribution in [1.29, 1.82) is 0 Å². The third-order valence-corrected chi connectivity index (χ3v) is 2.96. The highest BCUT2D eigenvalue weighted by Gasteiger charge is 2.17. The largest absolute Gasteiger partial charge is 0.504 e. The molecule has 0 saturated carbocycles. The number of aromatic hydroxyl groups is 1. The number of phenols is 1. The smallest absolute Gasteiger partial charge is 0.259 e. The van der Waals surface area contributed by atoms with E-state index in [0.717, 1.165) is 12.1 Å². The molecule has 0 aromatic heterocycles. The van der Waals surface area contributed by atoms with Crippen molar-refractivity contribution >= 4 is 11.6 Å². The van der Waals surface area contributed by atoms with Gasteiger partial charge in [-0.2, -0.15) is 0 Å². The van der Waals surface area contributed by atoms with Crippen LogP contribution in [0.15, 0.2) is 30.3 Å². The summed E-state index contributed by atoms with van der Waals surface area (Å²) in [6.07, 6.45) is 0. The van der Waals surface area contributed by atoms with E-state index in [1.54, 1.807) is 0 Å². The normalized spacial score (nSPS) is 10.3. The first kappa shape index (κ1) is 14.8. The summed E-state index contributed by atoms with van der Waals surface area (Å²) >= 11 is 0. The molecule has 0 atom stereocenters. The number of nitrogens with one attached hydrogen (secondary N) is 1. The Hall–Kier alpha value is -2.63. The van der Waals surface area contributed by atoms with Crippen molar-refractivity contribution in [2.24, 2.45) is 0 Å². The second kappa shape index (κ2) is 5.78. The number of amides is 1. The Morgan fingerprint density at radius 2 is 1.95 bits per heavy atom. The van der Waals surface area contributed by atoms with Gasteiger partial charge in [-0.15, -0.1) is 0 Å². The number of hydrogen-bond acceptors (Lipinski definition) is 3. The second-order valence-electron chi connectivity index (χ2n) is 4.39. The summed E-state index contributed by atoms with van der Waals surface area (Å²) < 4.78 is 32.0. The summed E-state index contributed by atoms with van der Waals surface area (Å²) in [4.78, 5) is 12.0. The number of phenolic OH excluding ortho intramolecular Hbond substituents is 1. The molecular formula is C15H13F2NO3. The molecule has 0 spiro atoms. The number of para-hydroxylation sites is 1. The van der Waals surface area contributed by atoms with Crippen LogP contribution in [0.5, 0.6) is 11.5 Å². The average Bonchev–Trinajstić information content (AvgIpc) is 2.44. The monoisotopic (exact) mass is 293 g/mol. The standard InChI is InChI=1S/C15H13F2NO3/c1-8-6-11(17)12(7-10(8)16)18-15(20)9-4-3-5-13(21-2)14(9)19/h3-7,19H,1-2H3,(H,18,20). The molecule has 21 heavy (non-hydrogen) atoms. The maximum absolute atomic E-state index is 13.7. The van der Waals surface area contributed by atoms with Crippen LogP contribution in [-0.2, 0) is 0 Å². The summed E-state index contributed by atoms with van der Waals surface area (Å²) in [5.41, 5.74) is -0.269. The van der Waals surface area contributed by atoms with Crippen molar-refractivity contribution in [3.05, 3.63) is 53.1 Å². The van der Waals surface area contributed by atoms with Crippen LogP contribution in [0.1, 0.15) is 15.9 Å². The average molecular weight is 293 g/mol. The molecule has 1 amide bonds. The lowest BCUT2D eigenvalue weighted by Crippen LogP contribution is -2.14. The first-order chi connectivity index (χ1) is 9.93. The van der Waals surface area contributed by atoms with Crippen molar-refractivity contribution in [3.8, 4) is 11.5 Å². The molecule has 110 valence electrons. The van der Waals surface area contributed by atoms with E-state index in [-0.39, 0.29) is 28.3 Å². The van der Waals surface area contributed by atoms with Gasteiger partial charge in [-0.05, 0) is 30.7 Å². The van der Waals surface area contributed by atoms with Gasteiger partial charge in [0.15, 0.2) is 11.5 Å². The number of methoxy groups -OCH3 is 1. The fourth-order valence-electron chi connectivity index (χ4n) is 1.80. The van der Waals surface area contributed by atoms with Crippen LogP contribution in [0.25, 0.3) is 0 Å². The van der Waals surface area contributed by atoms with Gasteiger partial charge in [0, 0.05) is 6.07 Å². The third kappa shape index (κ3) is 2.94. The van der Waals surface area contributed by atoms with Gasteiger partial charge < -0.3 is 15.2 Å². The Morgan fingerprint density at radius 3 is 2.62 bits per heavy atom. The molecule has 2 rings (SSSR count). The lowest BCUT2D eigenvalue weighted by molar-refractivity contribution is 0.102. The van der Waals surface area contributed by atoms with Crippen LogP contribution in [0.3, 0.4) is 0 Å². The van der Waals surface area contributed by atoms with Crippen LogP contribution in [0, 0.1) is 18.6 Å². The van der Waals surface area contributed by atoms with Crippen molar-refractivity contribution in [1.82, 2.24) is 0 Å². The summed E-state index contributed by atoms with van der Waals surface area (Å²) in [6.45, 7) is 1.41. The molecule has 0 bridgehead atoms. The number of anilines is 1. The van der Waals surface area contributed by atoms with E-state index >= 15 is 0 Å². The maximum atomic E-state index is 13.7. The number of benzene rings is 2. The molecule has 0 aliphatic rings. The van der Waals surface area contributed by atoms with E-state index in [1.165, 1.54) is 32.2 Å². The Balaban J connectivity index is 2.33. The molecular weight excluding hydrogens is 280 g/mol. The first-order valence-corrected chi connectivity index (χ1v) is 6.07. The minimum Gasteiger partial charge on any atom is -0.504 e. The number of hydrogen-bond donors (Lipinski definition) is 2. The van der Waals surface area contributed by atoms with Gasteiger partial charge in [0.2, 0.25) is 0 Å². The Morgan fingerprint density at radius 1 is 1.24 bits per heavy atom. The van der Waals surface area contributed by atoms with Gasteiger partial charge in [0.05, 0.1) is 18.4 Å². The molecule has 0 saturated heterocycles. The van der Waals surface area contributed by atoms with Crippen molar-refractivity contribution < 1.29 is 23.4 Å². The van der Waals surface area contributed by atoms with Gasteiger partial charge in [0.1, 0.15) is 11.6 Å². The van der Waals surface area contributed by atoms with Gasteiger partial charge in [-0.1, -0.05) is 6.07 Å². The number of ether oxygens (including phenoxy) is 1. The Labute approximate surface area is 120 Å². The number of aryl methyl sites for hydroxylation is 1. The minimum atomic E-state index is -0.770. The highest BCUT2D eigenvalue weighted by atomic mass is 19.1. The zero-order valence-corrected chi connectivity index (χ0v) is 11.4. The molecule has 2 aromatic rings. The number of rotatable bonds is 3. The molecule has 4 nitrogen and oxygen atoms in total. The predicted octanol–water partition coefficient (Wildman–Crippen LogP) is 3.24. The summed E-state index contributed by atoms with van der Waals surface area (Å²) in [5.74, 6) is -2.43. The van der Waals surface area contributed by atoms with Gasteiger partial charge in [0.25, 0.3) is 5.91 Å². The second-order valence-corrected chi connectivity index (χ2v) is 4.39. The highest BCUT2D eigenvalue weighted by molar-refractivity contribution is 6.06. The number of carbonyl (C=O) groups is 1. The zero-order valence-electron chi connectivity index (χ0n) is 11.4. The lowest BCUT2D eigenvalue weighted by Gasteiger charge is -2.10. The van der Waals surface area contributed by atoms with Crippen molar-refractivity contribution in [2.45, 2.75) is 6.92 Å². The van der Waals surface area contributed by atoms with Crippen LogP contribution < -0.4 is 10.1 Å². The van der Waals surface area contributed by atoms with E-state index in [9.17, 15) is 18.7 Å². The Bertz CT molecular complexity index is 702. The van der Waals surface area contributed by atoms with Gasteiger partial charge >= 0.3 is 0 Å². The van der Waals surface area contributed by atoms with E-state index in [1.807, 2.05) is 0 Å². The molecule has 0 aliphatic carbocycles. The van der Waals surface area contributed by atoms with E-state index in [4.69, 9.17) is 4.74 Å². The number of carbonyl (C=O) groups excluding carboxylic acids is 1. The summed E-state index contributed by atoms with van der Waals surface area (Å²) in [6, 6.07) is 6.18. The molecule has 6 heteroatoms. The van der Waals surface area contributed by atoms with Crippen molar-refractivity contribution in [2.75, 3.05) is 12.4 Å². The van der Waals surface area contributed by atoms with Gasteiger partial charge in [-0.25, -0.2) is 8.78 Å². The number of halogens is 2. The van der Waals surface area contributed by atoms with Crippen molar-refractivity contribution in [3.63, 3.8) is 0 Å². The molecule has 0 fully saturated rings. The Kier molecular flexibility index (Phi) is 4.07. The van der Waals surface area contributed by atoms with Crippen LogP contribution in [-0.4, -0.2) is 18.1 Å².